The minimum absolute atomic E-state index is 0.149. The summed E-state index contributed by atoms with van der Waals surface area (Å²) in [5, 5.41) is 0. The number of morpholine rings is 1. The van der Waals surface area contributed by atoms with E-state index in [2.05, 4.69) is 47.9 Å². The quantitative estimate of drug-likeness (QED) is 0.818. The van der Waals surface area contributed by atoms with Crippen LogP contribution in [0.1, 0.15) is 19.4 Å². The number of carbonyl (C=O) groups excluding carboxylic acids is 1. The lowest BCUT2D eigenvalue weighted by molar-refractivity contribution is -0.131. The van der Waals surface area contributed by atoms with Crippen LogP contribution in [0, 0.1) is 0 Å². The van der Waals surface area contributed by atoms with Crippen LogP contribution < -0.4 is 0 Å². The Bertz CT molecular complexity index is 549. The molecule has 1 amide bonds. The molecular weight excluding hydrogens is 302 g/mol. The van der Waals surface area contributed by atoms with Crippen molar-refractivity contribution in [2.45, 2.75) is 38.6 Å². The molecule has 0 unspecified atom stereocenters. The molecule has 1 aromatic carbocycles. The molecule has 3 rings (SSSR count). The second-order valence-electron chi connectivity index (χ2n) is 7.24. The Morgan fingerprint density at radius 2 is 2.04 bits per heavy atom. The lowest BCUT2D eigenvalue weighted by Gasteiger charge is -2.36. The van der Waals surface area contributed by atoms with Gasteiger partial charge in [-0.25, -0.2) is 0 Å². The summed E-state index contributed by atoms with van der Waals surface area (Å²) in [6, 6.07) is 11.2. The predicted molar refractivity (Wildman–Crippen MR) is 94.7 cm³/mol. The van der Waals surface area contributed by atoms with E-state index in [4.69, 9.17) is 4.74 Å². The van der Waals surface area contributed by atoms with Gasteiger partial charge in [0.2, 0.25) is 5.91 Å². The second kappa shape index (κ2) is 7.64. The fourth-order valence-electron chi connectivity index (χ4n) is 3.47. The van der Waals surface area contributed by atoms with Crippen molar-refractivity contribution >= 4 is 5.91 Å². The lowest BCUT2D eigenvalue weighted by Crippen LogP contribution is -2.50. The first-order chi connectivity index (χ1) is 11.5. The number of benzene rings is 1. The van der Waals surface area contributed by atoms with Crippen LogP contribution in [0.2, 0.25) is 0 Å². The third-order valence-corrected chi connectivity index (χ3v) is 5.26. The molecule has 132 valence electrons. The molecule has 2 aliphatic heterocycles. The van der Waals surface area contributed by atoms with E-state index in [0.717, 1.165) is 32.8 Å². The molecule has 0 aromatic heterocycles. The highest BCUT2D eigenvalue weighted by Crippen LogP contribution is 2.24. The van der Waals surface area contributed by atoms with Crippen molar-refractivity contribution < 1.29 is 9.53 Å². The summed E-state index contributed by atoms with van der Waals surface area (Å²) in [6.45, 7) is 8.83. The normalized spacial score (nSPS) is 24.6. The van der Waals surface area contributed by atoms with Crippen LogP contribution >= 0.6 is 0 Å². The smallest absolute Gasteiger partial charge is 0.236 e. The molecule has 0 N–H and O–H groups in total. The summed E-state index contributed by atoms with van der Waals surface area (Å²) in [7, 11) is 2.00. The standard InChI is InChI=1S/C19H29N3O2/c1-15(2)20(3)14-19(23)22-12-17-18(13-22)24-10-9-21(17)11-16-7-5-4-6-8-16/h4-8,15,17-18H,9-14H2,1-3H3/t17-,18+/m0/s1. The van der Waals surface area contributed by atoms with E-state index in [9.17, 15) is 4.79 Å². The minimum Gasteiger partial charge on any atom is -0.373 e. The molecule has 0 bridgehead atoms. The minimum atomic E-state index is 0.149. The number of hydrogen-bond donors (Lipinski definition) is 0. The Labute approximate surface area is 145 Å². The van der Waals surface area contributed by atoms with Gasteiger partial charge in [-0.3, -0.25) is 14.6 Å². The van der Waals surface area contributed by atoms with Crippen molar-refractivity contribution in [1.29, 1.82) is 0 Å². The monoisotopic (exact) mass is 331 g/mol. The van der Waals surface area contributed by atoms with Gasteiger partial charge in [0, 0.05) is 32.2 Å². The zero-order valence-electron chi connectivity index (χ0n) is 15.0. The molecule has 2 saturated heterocycles. The Balaban J connectivity index is 1.61. The lowest BCUT2D eigenvalue weighted by atomic mass is 10.1. The number of likely N-dealkylation sites (tertiary alicyclic amines) is 1. The van der Waals surface area contributed by atoms with E-state index < -0.39 is 0 Å². The van der Waals surface area contributed by atoms with Crippen LogP contribution in [0.25, 0.3) is 0 Å². The van der Waals surface area contributed by atoms with E-state index in [1.165, 1.54) is 5.56 Å². The van der Waals surface area contributed by atoms with E-state index >= 15 is 0 Å². The van der Waals surface area contributed by atoms with Gasteiger partial charge < -0.3 is 9.64 Å². The molecule has 0 spiro atoms. The summed E-state index contributed by atoms with van der Waals surface area (Å²) in [6.07, 6.45) is 0.149. The van der Waals surface area contributed by atoms with Gasteiger partial charge in [0.05, 0.1) is 25.3 Å². The van der Waals surface area contributed by atoms with Crippen LogP contribution in [-0.2, 0) is 16.1 Å². The molecule has 5 nitrogen and oxygen atoms in total. The van der Waals surface area contributed by atoms with Gasteiger partial charge in [-0.1, -0.05) is 30.3 Å². The van der Waals surface area contributed by atoms with Crippen molar-refractivity contribution in [1.82, 2.24) is 14.7 Å². The topological polar surface area (TPSA) is 36.0 Å². The number of hydrogen-bond acceptors (Lipinski definition) is 4. The summed E-state index contributed by atoms with van der Waals surface area (Å²) < 4.78 is 5.95. The van der Waals surface area contributed by atoms with Crippen molar-refractivity contribution in [2.75, 3.05) is 39.8 Å². The molecule has 2 fully saturated rings. The largest absolute Gasteiger partial charge is 0.373 e. The van der Waals surface area contributed by atoms with Crippen LogP contribution in [-0.4, -0.2) is 78.6 Å². The average Bonchev–Trinajstić information content (AvgIpc) is 3.01. The Morgan fingerprint density at radius 3 is 2.75 bits per heavy atom. The van der Waals surface area contributed by atoms with Crippen LogP contribution in [0.5, 0.6) is 0 Å². The summed E-state index contributed by atoms with van der Waals surface area (Å²) in [5.74, 6) is 0.212. The third-order valence-electron chi connectivity index (χ3n) is 5.26. The first-order valence-corrected chi connectivity index (χ1v) is 8.92. The molecule has 0 radical (unpaired) electrons. The molecule has 2 aliphatic rings. The first-order valence-electron chi connectivity index (χ1n) is 8.92. The highest BCUT2D eigenvalue weighted by molar-refractivity contribution is 5.78. The molecule has 1 aromatic rings. The number of carbonyl (C=O) groups is 1. The number of rotatable bonds is 5. The predicted octanol–water partition coefficient (Wildman–Crippen LogP) is 1.44. The van der Waals surface area contributed by atoms with Crippen molar-refractivity contribution in [3.63, 3.8) is 0 Å². The van der Waals surface area contributed by atoms with Gasteiger partial charge in [-0.05, 0) is 26.5 Å². The SMILES string of the molecule is CC(C)N(C)CC(=O)N1C[C@H]2OCCN(Cc3ccccc3)[C@H]2C1. The maximum absolute atomic E-state index is 12.6. The van der Waals surface area contributed by atoms with Crippen molar-refractivity contribution in [3.05, 3.63) is 35.9 Å². The maximum Gasteiger partial charge on any atom is 0.236 e. The number of fused-ring (bicyclic) bond motifs is 1. The molecular formula is C19H29N3O2. The van der Waals surface area contributed by atoms with E-state index in [1.807, 2.05) is 18.0 Å². The third kappa shape index (κ3) is 3.97. The fourth-order valence-corrected chi connectivity index (χ4v) is 3.47. The van der Waals surface area contributed by atoms with Gasteiger partial charge in [-0.2, -0.15) is 0 Å². The van der Waals surface area contributed by atoms with Gasteiger partial charge in [-0.15, -0.1) is 0 Å². The number of likely N-dealkylation sites (N-methyl/N-ethyl adjacent to an activating group) is 1. The van der Waals surface area contributed by atoms with Crippen LogP contribution in [0.3, 0.4) is 0 Å². The Kier molecular flexibility index (Phi) is 5.54. The van der Waals surface area contributed by atoms with Crippen molar-refractivity contribution in [3.8, 4) is 0 Å². The van der Waals surface area contributed by atoms with E-state index in [1.54, 1.807) is 0 Å². The van der Waals surface area contributed by atoms with Gasteiger partial charge in [0.1, 0.15) is 0 Å². The Morgan fingerprint density at radius 1 is 1.29 bits per heavy atom. The number of ether oxygens (including phenoxy) is 1. The molecule has 0 aliphatic carbocycles. The molecule has 2 heterocycles. The van der Waals surface area contributed by atoms with Crippen molar-refractivity contribution in [2.24, 2.45) is 0 Å². The average molecular weight is 331 g/mol. The van der Waals surface area contributed by atoms with Crippen LogP contribution in [0.15, 0.2) is 30.3 Å². The van der Waals surface area contributed by atoms with E-state index in [-0.39, 0.29) is 12.0 Å². The second-order valence-corrected chi connectivity index (χ2v) is 7.24. The molecule has 5 heteroatoms. The highest BCUT2D eigenvalue weighted by atomic mass is 16.5. The zero-order valence-corrected chi connectivity index (χ0v) is 15.0. The summed E-state index contributed by atoms with van der Waals surface area (Å²) in [4.78, 5) is 19.1. The van der Waals surface area contributed by atoms with E-state index in [0.29, 0.717) is 18.6 Å². The van der Waals surface area contributed by atoms with Gasteiger partial charge in [0.25, 0.3) is 0 Å². The highest BCUT2D eigenvalue weighted by Gasteiger charge is 2.41. The number of amides is 1. The summed E-state index contributed by atoms with van der Waals surface area (Å²) >= 11 is 0. The fraction of sp³-hybridized carbons (Fsp3) is 0.632. The Hall–Kier alpha value is -1.43. The first kappa shape index (κ1) is 17.4. The summed E-state index contributed by atoms with van der Waals surface area (Å²) in [5.41, 5.74) is 1.32. The maximum atomic E-state index is 12.6. The van der Waals surface area contributed by atoms with Crippen LogP contribution in [0.4, 0.5) is 0 Å². The molecule has 24 heavy (non-hydrogen) atoms. The van der Waals surface area contributed by atoms with Gasteiger partial charge in [0.15, 0.2) is 0 Å². The zero-order chi connectivity index (χ0) is 17.1. The molecule has 2 atom stereocenters. The number of nitrogens with zero attached hydrogens (tertiary/aromatic N) is 3. The molecule has 0 saturated carbocycles. The van der Waals surface area contributed by atoms with Gasteiger partial charge >= 0.3 is 0 Å².